The predicted octanol–water partition coefficient (Wildman–Crippen LogP) is 3.53. The van der Waals surface area contributed by atoms with Crippen LogP contribution < -0.4 is 0 Å². The molecule has 0 spiro atoms. The van der Waals surface area contributed by atoms with Gasteiger partial charge in [0.05, 0.1) is 5.60 Å². The monoisotopic (exact) mass is 254 g/mol. The van der Waals surface area contributed by atoms with Crippen LogP contribution in [0.15, 0.2) is 12.2 Å². The van der Waals surface area contributed by atoms with Crippen molar-refractivity contribution in [2.24, 2.45) is 17.3 Å². The van der Waals surface area contributed by atoms with Crippen LogP contribution in [0.1, 0.15) is 59.8 Å². The normalized spacial score (nSPS) is 33.4. The SMILES string of the molecule is C=C(C)[C@@H]1C[C@H](C(C)(C)O)CC[C@@]1(C)CCCO. The molecule has 0 saturated heterocycles. The third-order valence-corrected chi connectivity index (χ3v) is 4.93. The van der Waals surface area contributed by atoms with E-state index in [9.17, 15) is 5.11 Å². The molecule has 0 heterocycles. The lowest BCUT2D eigenvalue weighted by Gasteiger charge is -2.48. The fourth-order valence-electron chi connectivity index (χ4n) is 3.58. The second-order valence-corrected chi connectivity index (χ2v) is 7.01. The van der Waals surface area contributed by atoms with Gasteiger partial charge in [-0.1, -0.05) is 19.1 Å². The third kappa shape index (κ3) is 3.58. The summed E-state index contributed by atoms with van der Waals surface area (Å²) in [7, 11) is 0. The van der Waals surface area contributed by atoms with Crippen molar-refractivity contribution in [2.45, 2.75) is 65.4 Å². The van der Waals surface area contributed by atoms with Crippen LogP contribution in [0.2, 0.25) is 0 Å². The summed E-state index contributed by atoms with van der Waals surface area (Å²) in [5, 5.41) is 19.3. The molecule has 0 aromatic carbocycles. The summed E-state index contributed by atoms with van der Waals surface area (Å²) < 4.78 is 0. The Balaban J connectivity index is 2.81. The average Bonchev–Trinajstić information content (AvgIpc) is 2.25. The lowest BCUT2D eigenvalue weighted by Crippen LogP contribution is -2.42. The van der Waals surface area contributed by atoms with Crippen LogP contribution in [0, 0.1) is 17.3 Å². The molecule has 106 valence electrons. The number of hydrogen-bond donors (Lipinski definition) is 2. The van der Waals surface area contributed by atoms with Crippen LogP contribution in [0.5, 0.6) is 0 Å². The number of rotatable bonds is 5. The van der Waals surface area contributed by atoms with E-state index in [1.807, 2.05) is 13.8 Å². The van der Waals surface area contributed by atoms with Crippen molar-refractivity contribution >= 4 is 0 Å². The largest absolute Gasteiger partial charge is 0.396 e. The quantitative estimate of drug-likeness (QED) is 0.737. The molecule has 0 radical (unpaired) electrons. The van der Waals surface area contributed by atoms with E-state index in [2.05, 4.69) is 20.4 Å². The van der Waals surface area contributed by atoms with Gasteiger partial charge in [0.25, 0.3) is 0 Å². The van der Waals surface area contributed by atoms with E-state index in [0.29, 0.717) is 11.8 Å². The Morgan fingerprint density at radius 1 is 1.44 bits per heavy atom. The van der Waals surface area contributed by atoms with E-state index in [-0.39, 0.29) is 12.0 Å². The highest BCUT2D eigenvalue weighted by Gasteiger charge is 2.43. The van der Waals surface area contributed by atoms with Crippen LogP contribution in [0.25, 0.3) is 0 Å². The lowest BCUT2D eigenvalue weighted by molar-refractivity contribution is -0.0366. The van der Waals surface area contributed by atoms with Gasteiger partial charge in [-0.05, 0) is 70.1 Å². The number of allylic oxidation sites excluding steroid dienone is 1. The Bertz CT molecular complexity index is 290. The zero-order valence-corrected chi connectivity index (χ0v) is 12.5. The van der Waals surface area contributed by atoms with Crippen LogP contribution in [-0.2, 0) is 0 Å². The molecule has 0 aromatic rings. The highest BCUT2D eigenvalue weighted by molar-refractivity contribution is 5.07. The van der Waals surface area contributed by atoms with Gasteiger partial charge in [-0.2, -0.15) is 0 Å². The maximum absolute atomic E-state index is 10.2. The molecule has 3 atom stereocenters. The summed E-state index contributed by atoms with van der Waals surface area (Å²) in [6, 6.07) is 0. The van der Waals surface area contributed by atoms with E-state index in [1.54, 1.807) is 0 Å². The zero-order chi connectivity index (χ0) is 14.0. The van der Waals surface area contributed by atoms with E-state index in [4.69, 9.17) is 5.11 Å². The third-order valence-electron chi connectivity index (χ3n) is 4.93. The van der Waals surface area contributed by atoms with Gasteiger partial charge >= 0.3 is 0 Å². The maximum Gasteiger partial charge on any atom is 0.0620 e. The lowest BCUT2D eigenvalue weighted by atomic mass is 9.58. The van der Waals surface area contributed by atoms with Gasteiger partial charge in [0.15, 0.2) is 0 Å². The molecule has 18 heavy (non-hydrogen) atoms. The van der Waals surface area contributed by atoms with Crippen LogP contribution >= 0.6 is 0 Å². The summed E-state index contributed by atoms with van der Waals surface area (Å²) in [5.41, 5.74) is 0.881. The van der Waals surface area contributed by atoms with Gasteiger partial charge in [-0.3, -0.25) is 0 Å². The molecule has 0 amide bonds. The van der Waals surface area contributed by atoms with Gasteiger partial charge in [0.2, 0.25) is 0 Å². The molecule has 1 aliphatic rings. The van der Waals surface area contributed by atoms with Crippen molar-refractivity contribution < 1.29 is 10.2 Å². The van der Waals surface area contributed by atoms with E-state index in [1.165, 1.54) is 5.57 Å². The minimum atomic E-state index is -0.591. The second-order valence-electron chi connectivity index (χ2n) is 7.01. The van der Waals surface area contributed by atoms with Gasteiger partial charge < -0.3 is 10.2 Å². The fourth-order valence-corrected chi connectivity index (χ4v) is 3.58. The van der Waals surface area contributed by atoms with Crippen molar-refractivity contribution in [3.8, 4) is 0 Å². The molecule has 1 rings (SSSR count). The average molecular weight is 254 g/mol. The maximum atomic E-state index is 10.2. The zero-order valence-electron chi connectivity index (χ0n) is 12.5. The highest BCUT2D eigenvalue weighted by Crippen LogP contribution is 2.51. The molecule has 1 aliphatic carbocycles. The molecule has 2 heteroatoms. The molecule has 1 fully saturated rings. The Labute approximate surface area is 112 Å². The Hall–Kier alpha value is -0.340. The first kappa shape index (κ1) is 15.7. The van der Waals surface area contributed by atoms with Gasteiger partial charge in [0, 0.05) is 6.61 Å². The summed E-state index contributed by atoms with van der Waals surface area (Å²) >= 11 is 0. The topological polar surface area (TPSA) is 40.5 Å². The highest BCUT2D eigenvalue weighted by atomic mass is 16.3. The molecular weight excluding hydrogens is 224 g/mol. The van der Waals surface area contributed by atoms with Crippen molar-refractivity contribution in [2.75, 3.05) is 6.61 Å². The van der Waals surface area contributed by atoms with E-state index < -0.39 is 5.60 Å². The first-order chi connectivity index (χ1) is 8.20. The molecule has 2 nitrogen and oxygen atoms in total. The van der Waals surface area contributed by atoms with Crippen molar-refractivity contribution in [3.05, 3.63) is 12.2 Å². The molecule has 1 saturated carbocycles. The van der Waals surface area contributed by atoms with Crippen LogP contribution in [-0.4, -0.2) is 22.4 Å². The fraction of sp³-hybridized carbons (Fsp3) is 0.875. The summed E-state index contributed by atoms with van der Waals surface area (Å²) in [6.45, 7) is 12.7. The van der Waals surface area contributed by atoms with E-state index in [0.717, 1.165) is 32.1 Å². The van der Waals surface area contributed by atoms with Gasteiger partial charge in [-0.15, -0.1) is 0 Å². The van der Waals surface area contributed by atoms with Gasteiger partial charge in [0.1, 0.15) is 0 Å². The molecule has 0 aliphatic heterocycles. The smallest absolute Gasteiger partial charge is 0.0620 e. The minimum Gasteiger partial charge on any atom is -0.396 e. The first-order valence-corrected chi connectivity index (χ1v) is 7.19. The van der Waals surface area contributed by atoms with Crippen molar-refractivity contribution in [1.82, 2.24) is 0 Å². The number of aliphatic hydroxyl groups excluding tert-OH is 1. The second kappa shape index (κ2) is 5.75. The van der Waals surface area contributed by atoms with Gasteiger partial charge in [-0.25, -0.2) is 0 Å². The Morgan fingerprint density at radius 3 is 2.50 bits per heavy atom. The molecular formula is C16H30O2. The standard InChI is InChI=1S/C16H30O2/c1-12(2)14-11-13(15(3,4)18)7-9-16(14,5)8-6-10-17/h13-14,17-18H,1,6-11H2,2-5H3/t13-,14+,16-/m1/s1. The van der Waals surface area contributed by atoms with Crippen LogP contribution in [0.4, 0.5) is 0 Å². The van der Waals surface area contributed by atoms with E-state index >= 15 is 0 Å². The summed E-state index contributed by atoms with van der Waals surface area (Å²) in [4.78, 5) is 0. The minimum absolute atomic E-state index is 0.246. The number of hydrogen-bond acceptors (Lipinski definition) is 2. The Kier molecular flexibility index (Phi) is 5.02. The number of aliphatic hydroxyl groups is 2. The molecule has 0 aromatic heterocycles. The summed E-state index contributed by atoms with van der Waals surface area (Å²) in [6.07, 6.45) is 5.15. The summed E-state index contributed by atoms with van der Waals surface area (Å²) in [5.74, 6) is 0.829. The predicted molar refractivity (Wildman–Crippen MR) is 76.4 cm³/mol. The molecule has 0 unspecified atom stereocenters. The van der Waals surface area contributed by atoms with Crippen LogP contribution in [0.3, 0.4) is 0 Å². The first-order valence-electron chi connectivity index (χ1n) is 7.19. The molecule has 0 bridgehead atoms. The van der Waals surface area contributed by atoms with Crippen molar-refractivity contribution in [3.63, 3.8) is 0 Å². The van der Waals surface area contributed by atoms with Crippen molar-refractivity contribution in [1.29, 1.82) is 0 Å². The Morgan fingerprint density at radius 2 is 2.06 bits per heavy atom. The molecule has 2 N–H and O–H groups in total.